The molecule has 0 bridgehead atoms. The second-order valence-electron chi connectivity index (χ2n) is 12.8. The average Bonchev–Trinajstić information content (AvgIpc) is 3.88. The number of carbonyl (C=O) groups excluding carboxylic acids is 2. The number of rotatable bonds is 5. The lowest BCUT2D eigenvalue weighted by molar-refractivity contribution is -0.141. The lowest BCUT2D eigenvalue weighted by Crippen LogP contribution is -2.51. The molecule has 8 rings (SSSR count). The Bertz CT molecular complexity index is 2400. The predicted molar refractivity (Wildman–Crippen MR) is 195 cm³/mol. The van der Waals surface area contributed by atoms with Crippen LogP contribution in [0, 0.1) is 37.5 Å². The SMILES string of the molecule is Cc1c(C#Cc2cn(CCCC#Cc3cccc4c3CN(C3CCC(=O)NC3=O)C4O)nn2)sc2c1C(c1ccc(Cl)cc1)=NCc1nnc(C)n1-2. The number of fused-ring (bicyclic) bond motifs is 4. The number of amides is 2. The summed E-state index contributed by atoms with van der Waals surface area (Å²) in [6.07, 6.45) is 2.95. The number of aliphatic hydroxyl groups is 1. The van der Waals surface area contributed by atoms with E-state index in [4.69, 9.17) is 16.6 Å². The molecule has 0 spiro atoms. The Labute approximate surface area is 308 Å². The number of aromatic nitrogens is 6. The fourth-order valence-corrected chi connectivity index (χ4v) is 8.20. The topological polar surface area (TPSA) is 143 Å². The van der Waals surface area contributed by atoms with E-state index in [2.05, 4.69) is 61.0 Å². The molecule has 260 valence electrons. The molecule has 3 aliphatic heterocycles. The molecule has 3 aromatic heterocycles. The second kappa shape index (κ2) is 13.9. The molecular weight excluding hydrogens is 698 g/mol. The van der Waals surface area contributed by atoms with Crippen molar-refractivity contribution in [2.45, 2.75) is 71.4 Å². The Hall–Kier alpha value is -5.44. The lowest BCUT2D eigenvalue weighted by Gasteiger charge is -2.31. The Morgan fingerprint density at radius 3 is 2.73 bits per heavy atom. The van der Waals surface area contributed by atoms with Crippen LogP contribution < -0.4 is 5.32 Å². The van der Waals surface area contributed by atoms with Crippen LogP contribution in [0.1, 0.15) is 87.5 Å². The van der Waals surface area contributed by atoms with Gasteiger partial charge in [-0.1, -0.05) is 52.9 Å². The number of nitrogens with one attached hydrogen (secondary N) is 1. The van der Waals surface area contributed by atoms with Crippen LogP contribution in [-0.2, 0) is 29.2 Å². The van der Waals surface area contributed by atoms with E-state index in [1.807, 2.05) is 55.6 Å². The smallest absolute Gasteiger partial charge is 0.244 e. The van der Waals surface area contributed by atoms with Crippen LogP contribution in [0.4, 0.5) is 0 Å². The molecule has 0 saturated carbocycles. The summed E-state index contributed by atoms with van der Waals surface area (Å²) in [4.78, 5) is 31.7. The van der Waals surface area contributed by atoms with Gasteiger partial charge in [0.1, 0.15) is 23.6 Å². The molecule has 1 saturated heterocycles. The van der Waals surface area contributed by atoms with Gasteiger partial charge in [-0.25, -0.2) is 0 Å². The third-order valence-electron chi connectivity index (χ3n) is 9.47. The van der Waals surface area contributed by atoms with Crippen LogP contribution in [0.5, 0.6) is 0 Å². The van der Waals surface area contributed by atoms with E-state index >= 15 is 0 Å². The van der Waals surface area contributed by atoms with E-state index in [0.717, 1.165) is 67.0 Å². The summed E-state index contributed by atoms with van der Waals surface area (Å²) in [5.74, 6) is 14.0. The second-order valence-corrected chi connectivity index (χ2v) is 14.3. The highest BCUT2D eigenvalue weighted by Gasteiger charge is 2.40. The number of halogens is 1. The number of thiophene rings is 1. The van der Waals surface area contributed by atoms with Crippen LogP contribution in [0.15, 0.2) is 53.7 Å². The number of imide groups is 1. The third kappa shape index (κ3) is 6.33. The van der Waals surface area contributed by atoms with Crippen molar-refractivity contribution in [2.75, 3.05) is 0 Å². The molecule has 2 unspecified atom stereocenters. The minimum Gasteiger partial charge on any atom is -0.374 e. The number of aliphatic imine (C=N–C) groups is 1. The maximum Gasteiger partial charge on any atom is 0.244 e. The van der Waals surface area contributed by atoms with Crippen molar-refractivity contribution in [1.29, 1.82) is 0 Å². The number of aryl methyl sites for hydroxylation is 2. The average molecular weight is 730 g/mol. The van der Waals surface area contributed by atoms with Crippen LogP contribution in [-0.4, -0.2) is 63.3 Å². The molecule has 12 nitrogen and oxygen atoms in total. The zero-order chi connectivity index (χ0) is 35.9. The molecule has 5 aromatic rings. The number of hydrogen-bond donors (Lipinski definition) is 2. The molecule has 2 aromatic carbocycles. The van der Waals surface area contributed by atoms with E-state index in [1.165, 1.54) is 0 Å². The van der Waals surface area contributed by atoms with E-state index in [0.29, 0.717) is 43.2 Å². The molecule has 3 aliphatic rings. The minimum absolute atomic E-state index is 0.256. The van der Waals surface area contributed by atoms with Crippen LogP contribution in [0.2, 0.25) is 5.02 Å². The summed E-state index contributed by atoms with van der Waals surface area (Å²) in [6.45, 7) is 5.44. The third-order valence-corrected chi connectivity index (χ3v) is 10.9. The fraction of sp³-hybridized carbons (Fsp3) is 0.289. The molecule has 0 aliphatic carbocycles. The normalized spacial score (nSPS) is 17.9. The van der Waals surface area contributed by atoms with Crippen molar-refractivity contribution >= 4 is 40.5 Å². The molecule has 2 N–H and O–H groups in total. The van der Waals surface area contributed by atoms with Gasteiger partial charge in [0.25, 0.3) is 0 Å². The van der Waals surface area contributed by atoms with Crippen molar-refractivity contribution in [1.82, 2.24) is 40.0 Å². The van der Waals surface area contributed by atoms with Crippen LogP contribution in [0.25, 0.3) is 5.00 Å². The first-order valence-electron chi connectivity index (χ1n) is 16.9. The molecule has 1 fully saturated rings. The van der Waals surface area contributed by atoms with Gasteiger partial charge in [0.2, 0.25) is 11.8 Å². The highest BCUT2D eigenvalue weighted by Crippen LogP contribution is 2.38. The van der Waals surface area contributed by atoms with Crippen molar-refractivity contribution in [3.8, 4) is 28.7 Å². The van der Waals surface area contributed by atoms with Gasteiger partial charge in [0.05, 0.1) is 22.8 Å². The summed E-state index contributed by atoms with van der Waals surface area (Å²) >= 11 is 7.77. The number of hydrogen-bond acceptors (Lipinski definition) is 10. The Kier molecular flexibility index (Phi) is 9.03. The number of aliphatic hydroxyl groups excluding tert-OH is 1. The molecular formula is C38H32ClN9O3S. The minimum atomic E-state index is -0.921. The number of benzene rings is 2. The fourth-order valence-electron chi connectivity index (χ4n) is 6.84. The summed E-state index contributed by atoms with van der Waals surface area (Å²) in [6, 6.07) is 12.8. The van der Waals surface area contributed by atoms with Gasteiger partial charge in [-0.3, -0.25) is 34.0 Å². The first-order valence-corrected chi connectivity index (χ1v) is 18.1. The molecule has 52 heavy (non-hydrogen) atoms. The summed E-state index contributed by atoms with van der Waals surface area (Å²) < 4.78 is 3.84. The van der Waals surface area contributed by atoms with Gasteiger partial charge in [-0.05, 0) is 67.9 Å². The molecule has 14 heteroatoms. The van der Waals surface area contributed by atoms with E-state index < -0.39 is 12.3 Å². The molecule has 2 atom stereocenters. The van der Waals surface area contributed by atoms with Crippen molar-refractivity contribution in [3.05, 3.63) is 109 Å². The van der Waals surface area contributed by atoms with Crippen LogP contribution in [0.3, 0.4) is 0 Å². The number of unbranched alkanes of at least 4 members (excludes halogenated alkanes) is 1. The molecule has 6 heterocycles. The van der Waals surface area contributed by atoms with Crippen molar-refractivity contribution < 1.29 is 14.7 Å². The largest absolute Gasteiger partial charge is 0.374 e. The standard InChI is InChI=1S/C38H32ClN9O3S/c1-22-31(52-38-34(22)35(25-10-12-26(39)13-11-25)40-19-32-44-42-23(2)48(32)38)16-14-27-20-46(45-43-27)18-5-3-4-7-24-8-6-9-28-29(24)21-47(37(28)51)30-15-17-33(49)41-36(30)50/h6,8-13,20,30,37,51H,3,5,15,17-19,21H2,1-2H3,(H,41,49,50). The Morgan fingerprint density at radius 1 is 1.06 bits per heavy atom. The quantitative estimate of drug-likeness (QED) is 0.154. The van der Waals surface area contributed by atoms with Gasteiger partial charge in [-0.2, -0.15) is 0 Å². The van der Waals surface area contributed by atoms with Gasteiger partial charge < -0.3 is 5.11 Å². The Balaban J connectivity index is 0.940. The summed E-state index contributed by atoms with van der Waals surface area (Å²) in [7, 11) is 0. The summed E-state index contributed by atoms with van der Waals surface area (Å²) in [5, 5.41) is 32.3. The first kappa shape index (κ1) is 33.7. The number of nitrogens with zero attached hydrogens (tertiary/aromatic N) is 8. The van der Waals surface area contributed by atoms with Crippen LogP contribution >= 0.6 is 22.9 Å². The van der Waals surface area contributed by atoms with Crippen molar-refractivity contribution in [2.24, 2.45) is 4.99 Å². The highest BCUT2D eigenvalue weighted by molar-refractivity contribution is 7.15. The first-order chi connectivity index (χ1) is 25.2. The monoisotopic (exact) mass is 729 g/mol. The maximum atomic E-state index is 12.5. The highest BCUT2D eigenvalue weighted by atomic mass is 35.5. The van der Waals surface area contributed by atoms with Gasteiger partial charge in [-0.15, -0.1) is 26.6 Å². The molecule has 2 amide bonds. The number of piperidine rings is 1. The lowest BCUT2D eigenvalue weighted by atomic mass is 10.00. The van der Waals surface area contributed by atoms with E-state index in [9.17, 15) is 14.7 Å². The Morgan fingerprint density at radius 2 is 1.90 bits per heavy atom. The van der Waals surface area contributed by atoms with Gasteiger partial charge in [0, 0.05) is 53.2 Å². The van der Waals surface area contributed by atoms with Gasteiger partial charge >= 0.3 is 0 Å². The van der Waals surface area contributed by atoms with Crippen molar-refractivity contribution in [3.63, 3.8) is 0 Å². The van der Waals surface area contributed by atoms with Gasteiger partial charge in [0.15, 0.2) is 11.5 Å². The number of carbonyl (C=O) groups is 2. The molecule has 0 radical (unpaired) electrons. The zero-order valence-electron chi connectivity index (χ0n) is 28.4. The summed E-state index contributed by atoms with van der Waals surface area (Å²) in [5.41, 5.74) is 6.93. The van der Waals surface area contributed by atoms with E-state index in [-0.39, 0.29) is 18.2 Å². The van der Waals surface area contributed by atoms with E-state index in [1.54, 1.807) is 20.9 Å². The zero-order valence-corrected chi connectivity index (χ0v) is 29.9. The maximum absolute atomic E-state index is 12.5. The predicted octanol–water partition coefficient (Wildman–Crippen LogP) is 4.38.